The maximum atomic E-state index is 13.0. The van der Waals surface area contributed by atoms with Crippen molar-refractivity contribution in [2.24, 2.45) is 5.73 Å². The van der Waals surface area contributed by atoms with Crippen molar-refractivity contribution < 1.29 is 69.7 Å². The van der Waals surface area contributed by atoms with E-state index in [2.05, 4.69) is 73.8 Å². The summed E-state index contributed by atoms with van der Waals surface area (Å²) in [7, 11) is 0. The molecule has 2 aromatic heterocycles. The number of alkyl halides is 9. The molecule has 714 valence electrons. The number of Topliss-reactive ketones (excluding diaryl/α,β-unsaturated/α-hetero) is 3. The molecule has 6 aliphatic rings. The van der Waals surface area contributed by atoms with E-state index in [1.54, 1.807) is 46.2 Å². The van der Waals surface area contributed by atoms with Gasteiger partial charge in [0.25, 0.3) is 0 Å². The molecule has 4 saturated heterocycles. The lowest BCUT2D eigenvalue weighted by Crippen LogP contribution is -2.41. The van der Waals surface area contributed by atoms with Gasteiger partial charge in [-0.25, -0.2) is 34.3 Å². The van der Waals surface area contributed by atoms with Crippen molar-refractivity contribution in [1.82, 2.24) is 35.1 Å². The van der Waals surface area contributed by atoms with Gasteiger partial charge >= 0.3 is 30.5 Å². The number of amides is 2. The van der Waals surface area contributed by atoms with E-state index in [1.807, 2.05) is 84.9 Å². The number of halogens is 20. The Morgan fingerprint density at radius 2 is 0.754 bits per heavy atom. The number of carboxylic acid groups (broad SMARTS) is 1. The van der Waals surface area contributed by atoms with Crippen LogP contribution in [0.2, 0.25) is 55.6 Å². The van der Waals surface area contributed by atoms with Gasteiger partial charge in [0.05, 0.1) is 18.1 Å². The summed E-state index contributed by atoms with van der Waals surface area (Å²) >= 11 is 78.3. The Bertz CT molecular complexity index is 5600. The van der Waals surface area contributed by atoms with E-state index >= 15 is 0 Å². The fourth-order valence-corrected chi connectivity index (χ4v) is 19.0. The van der Waals surface area contributed by atoms with Gasteiger partial charge in [-0.3, -0.25) is 24.2 Å². The van der Waals surface area contributed by atoms with Crippen LogP contribution in [0.1, 0.15) is 158 Å². The van der Waals surface area contributed by atoms with Crippen molar-refractivity contribution in [3.05, 3.63) is 294 Å². The molecule has 6 heterocycles. The van der Waals surface area contributed by atoms with Gasteiger partial charge in [0, 0.05) is 103 Å². The maximum absolute atomic E-state index is 13.0. The van der Waals surface area contributed by atoms with Gasteiger partial charge < -0.3 is 30.5 Å². The number of nitrogens with zero attached hydrogens (tertiary/aromatic N) is 7. The van der Waals surface area contributed by atoms with Crippen LogP contribution >= 0.6 is 162 Å². The van der Waals surface area contributed by atoms with E-state index in [9.17, 15) is 60.2 Å². The van der Waals surface area contributed by atoms with Crippen LogP contribution in [0.4, 0.5) is 41.7 Å². The highest BCUT2D eigenvalue weighted by molar-refractivity contribution is 6.63. The topological polar surface area (TPSA) is 240 Å². The van der Waals surface area contributed by atoms with E-state index in [0.29, 0.717) is 143 Å². The fraction of sp³-hybridized carbons (Fsp3) is 0.354. The second kappa shape index (κ2) is 52.4. The Labute approximate surface area is 842 Å². The van der Waals surface area contributed by atoms with Crippen LogP contribution < -0.4 is 16.0 Å². The van der Waals surface area contributed by atoms with Crippen molar-refractivity contribution in [3.8, 4) is 22.3 Å². The molecule has 0 radical (unpaired) electrons. The first kappa shape index (κ1) is 108. The summed E-state index contributed by atoms with van der Waals surface area (Å²) in [5.74, 6) is -3.22. The highest BCUT2D eigenvalue weighted by Gasteiger charge is 2.42. The Balaban J connectivity index is 0.000000172. The van der Waals surface area contributed by atoms with Crippen LogP contribution in [-0.2, 0) is 66.7 Å². The first-order valence-electron chi connectivity index (χ1n) is 42.7. The number of rotatable bonds is 23. The standard InChI is InChI=1S/C29H27Cl2NO3.C20H19NO4.C19H17Cl3F3N3O.C14H17Cl2NO.C8H9Cl2N.C5HCl2F3N2.CHCl3/c30-20-15-14-19(26(31)17-20)7-5-13-28(33)27-12-6-16-32(27)29(34)35-18-25-23-10-3-1-8-21(23)22-9-2-4-11-24(22)25;22-19(23)18-10-5-11-21(18)20(24)25-12-17-15-8-3-1-6-13(15)14-7-2-4-9-16(14)17;20-12-7-6-11(13(21)9-12)3-1-5-15(29)14-4-2-8-28(14)17-10-16(22)26-18(27-17)19(23,24)25;15-11-7-6-10(12(16)9-11)3-1-5-14(18)13-4-2-8-17-13;9-7-2-1-6(3-4-11)8(10)5-7;6-2-1-3(7)12-4(11-2)5(8,9)10;2-1(3)4/h1-4,8-11,14-15,17,25,27H,5-7,12-13,16,18H2;1-4,6-9,17-18H,5,10-12H2,(H,22,23);6-7,9-10,14H,1-5,8H2;6-7,9,13,17H,1-5,8H2;1-2,5H,3-4,11H2;1H;1H/t27-;18-;14-;13-;;;/m0000.../s1. The number of benzene rings is 8. The predicted octanol–water partition coefficient (Wildman–Crippen LogP) is 27.7. The largest absolute Gasteiger partial charge is 0.480 e. The number of nitrogens with two attached hydrogens (primary N) is 1. The monoisotopic (exact) mass is 2120 g/mol. The van der Waals surface area contributed by atoms with E-state index in [-0.39, 0.29) is 70.4 Å². The third kappa shape index (κ3) is 31.7. The van der Waals surface area contributed by atoms with E-state index in [1.165, 1.54) is 44.3 Å². The second-order valence-electron chi connectivity index (χ2n) is 31.5. The highest BCUT2D eigenvalue weighted by atomic mass is 35.6. The zero-order valence-electron chi connectivity index (χ0n) is 71.5. The highest BCUT2D eigenvalue weighted by Crippen LogP contribution is 2.47. The molecule has 10 aromatic rings. The van der Waals surface area contributed by atoms with E-state index < -0.39 is 64.6 Å². The molecule has 0 unspecified atom stereocenters. The molecule has 0 spiro atoms. The number of likely N-dealkylation sites (tertiary alicyclic amines) is 2. The Morgan fingerprint density at radius 1 is 0.418 bits per heavy atom. The number of aliphatic carboxylic acids is 1. The summed E-state index contributed by atoms with van der Waals surface area (Å²) in [5.41, 5.74) is 18.7. The summed E-state index contributed by atoms with van der Waals surface area (Å²) in [6.07, 6.45) is 2.08. The van der Waals surface area contributed by atoms with Crippen LogP contribution in [0, 0.1) is 0 Å². The van der Waals surface area contributed by atoms with Gasteiger partial charge in [-0.15, -0.1) is 0 Å². The van der Waals surface area contributed by atoms with Crippen molar-refractivity contribution in [2.45, 2.75) is 168 Å². The number of hydrogen-bond acceptors (Lipinski definition) is 15. The number of carbonyl (C=O) groups is 6. The third-order valence-electron chi connectivity index (χ3n) is 22.6. The van der Waals surface area contributed by atoms with Gasteiger partial charge in [0.15, 0.2) is 15.9 Å². The molecule has 18 nitrogen and oxygen atoms in total. The molecule has 4 atom stereocenters. The molecule has 2 amide bonds. The second-order valence-corrected chi connectivity index (χ2v) is 38.1. The zero-order chi connectivity index (χ0) is 97.1. The molecule has 2 aliphatic carbocycles. The predicted molar refractivity (Wildman–Crippen MR) is 522 cm³/mol. The van der Waals surface area contributed by atoms with Gasteiger partial charge in [0.2, 0.25) is 11.6 Å². The van der Waals surface area contributed by atoms with E-state index in [0.717, 1.165) is 84.5 Å². The number of ketones is 3. The van der Waals surface area contributed by atoms with Gasteiger partial charge in [-0.1, -0.05) is 284 Å². The van der Waals surface area contributed by atoms with Crippen molar-refractivity contribution in [3.63, 3.8) is 0 Å². The number of fused-ring (bicyclic) bond motifs is 6. The molecule has 4 aliphatic heterocycles. The number of nitrogens with one attached hydrogen (secondary N) is 1. The first-order chi connectivity index (χ1) is 63.9. The van der Waals surface area contributed by atoms with Crippen molar-refractivity contribution >= 4 is 204 Å². The summed E-state index contributed by atoms with van der Waals surface area (Å²) in [6, 6.07) is 55.1. The summed E-state index contributed by atoms with van der Waals surface area (Å²) in [4.78, 5) is 91.5. The number of aromatic nitrogens is 4. The Hall–Kier alpha value is -7.70. The first-order valence-corrected chi connectivity index (χ1v) is 48.2. The molecule has 134 heavy (non-hydrogen) atoms. The van der Waals surface area contributed by atoms with Crippen LogP contribution in [0.3, 0.4) is 0 Å². The van der Waals surface area contributed by atoms with Gasteiger partial charge in [-0.05, 0) is 225 Å². The van der Waals surface area contributed by atoms with Crippen LogP contribution in [-0.4, -0.2) is 145 Å². The number of carboxylic acids is 1. The lowest BCUT2D eigenvalue weighted by molar-refractivity contribution is -0.145. The minimum absolute atomic E-state index is 0.00669. The maximum Gasteiger partial charge on any atom is 0.451 e. The molecule has 8 aromatic carbocycles. The molecule has 0 bridgehead atoms. The minimum Gasteiger partial charge on any atom is -0.480 e. The molecule has 4 fully saturated rings. The average Bonchev–Trinajstić information content (AvgIpc) is 1.62. The molecule has 4 N–H and O–H groups in total. The lowest BCUT2D eigenvalue weighted by atomic mass is 9.98. The summed E-state index contributed by atoms with van der Waals surface area (Å²) in [5, 5.41) is 16.5. The zero-order valence-corrected chi connectivity index (χ0v) is 82.1. The van der Waals surface area contributed by atoms with Crippen LogP contribution in [0.15, 0.2) is 182 Å². The molecule has 0 saturated carbocycles. The Kier molecular flexibility index (Phi) is 42.3. The van der Waals surface area contributed by atoms with E-state index in [4.69, 9.17) is 178 Å². The third-order valence-corrected chi connectivity index (χ3v) is 25.5. The SMILES string of the molecule is ClC(Cl)Cl.FC(F)(F)c1nc(Cl)cc(Cl)n1.NCCc1ccc(Cl)cc1Cl.O=C(CCCc1ccc(Cl)cc1Cl)[C@@H]1CCCN1.O=C(CCCc1ccc(Cl)cc1Cl)[C@@H]1CCCN1C(=O)OCC1c2ccccc2-c2ccccc21.O=C(CCCc1ccc(Cl)cc1Cl)[C@@H]1CCCN1c1cc(Cl)nc(C(F)(F)F)n1.O=C(O)[C@@H]1CCCN1C(=O)OCC1c2ccccc2-c2ccccc21. The average molecular weight is 2130 g/mol. The smallest absolute Gasteiger partial charge is 0.451 e. The molecule has 16 rings (SSSR count). The summed E-state index contributed by atoms with van der Waals surface area (Å²) < 4.78 is 85.3. The number of carbonyl (C=O) groups excluding carboxylic acids is 5. The quantitative estimate of drug-likeness (QED) is 0.0306. The van der Waals surface area contributed by atoms with Crippen LogP contribution in [0.25, 0.3) is 22.3 Å². The number of ether oxygens (including phenoxy) is 2. The van der Waals surface area contributed by atoms with Crippen molar-refractivity contribution in [1.29, 1.82) is 0 Å². The van der Waals surface area contributed by atoms with Gasteiger partial charge in [0.1, 0.15) is 46.3 Å². The number of aryl methyl sites for hydroxylation is 3. The Morgan fingerprint density at radius 3 is 1.12 bits per heavy atom. The normalized spacial score (nSPS) is 16.3. The lowest BCUT2D eigenvalue weighted by Gasteiger charge is -2.25. The number of hydrogen-bond donors (Lipinski definition) is 3. The van der Waals surface area contributed by atoms with Crippen LogP contribution in [0.5, 0.6) is 0 Å². The van der Waals surface area contributed by atoms with Crippen molar-refractivity contribution in [2.75, 3.05) is 50.8 Å². The number of anilines is 1. The van der Waals surface area contributed by atoms with Gasteiger partial charge in [-0.2, -0.15) is 26.3 Å². The minimum atomic E-state index is -4.71. The fourth-order valence-electron chi connectivity index (χ4n) is 16.4. The molecular weight excluding hydrogens is 2030 g/mol. The molecular formula is C96H91Cl14F6N9O9. The molecule has 38 heteroatoms. The summed E-state index contributed by atoms with van der Waals surface area (Å²) in [6.45, 7) is 3.49.